The molecule has 2 nitrogen and oxygen atoms in total. The zero-order chi connectivity index (χ0) is 13.3. The Kier molecular flexibility index (Phi) is 4.35. The summed E-state index contributed by atoms with van der Waals surface area (Å²) in [5.74, 6) is 1.13. The third kappa shape index (κ3) is 2.73. The highest BCUT2D eigenvalue weighted by Crippen LogP contribution is 2.23. The van der Waals surface area contributed by atoms with Crippen LogP contribution in [0.5, 0.6) is 0 Å². The van der Waals surface area contributed by atoms with Gasteiger partial charge in [-0.05, 0) is 36.2 Å². The Balaban J connectivity index is 2.47. The standard InChI is InChI=1S/C12H14ClFN2S2/c1-7(6-18-2)5-16-11-3-8(13)9(14)4-10(11)15-12(16)17/h3-4,7H,5-6H2,1-2H3,(H,15,17). The predicted molar refractivity (Wildman–Crippen MR) is 79.6 cm³/mol. The van der Waals surface area contributed by atoms with Gasteiger partial charge in [-0.25, -0.2) is 4.39 Å². The van der Waals surface area contributed by atoms with E-state index in [-0.39, 0.29) is 5.02 Å². The number of halogens is 2. The van der Waals surface area contributed by atoms with Crippen molar-refractivity contribution in [2.75, 3.05) is 12.0 Å². The summed E-state index contributed by atoms with van der Waals surface area (Å²) in [6, 6.07) is 3.02. The fraction of sp³-hybridized carbons (Fsp3) is 0.417. The van der Waals surface area contributed by atoms with Gasteiger partial charge in [0.05, 0.1) is 16.1 Å². The second-order valence-corrected chi connectivity index (χ2v) is 6.09. The number of H-pyrrole nitrogens is 1. The van der Waals surface area contributed by atoms with E-state index >= 15 is 0 Å². The highest BCUT2D eigenvalue weighted by atomic mass is 35.5. The number of hydrogen-bond acceptors (Lipinski definition) is 2. The molecule has 1 atom stereocenters. The molecule has 1 aromatic carbocycles. The summed E-state index contributed by atoms with van der Waals surface area (Å²) in [5, 5.41) is 0.128. The molecule has 0 aliphatic carbocycles. The first-order chi connectivity index (χ1) is 8.52. The van der Waals surface area contributed by atoms with Crippen molar-refractivity contribution in [3.63, 3.8) is 0 Å². The topological polar surface area (TPSA) is 20.7 Å². The summed E-state index contributed by atoms with van der Waals surface area (Å²) in [4.78, 5) is 3.01. The van der Waals surface area contributed by atoms with Crippen LogP contribution in [-0.4, -0.2) is 21.6 Å². The minimum absolute atomic E-state index is 0.128. The fourth-order valence-electron chi connectivity index (χ4n) is 1.98. The first-order valence-electron chi connectivity index (χ1n) is 5.59. The molecule has 0 radical (unpaired) electrons. The summed E-state index contributed by atoms with van der Waals surface area (Å²) < 4.78 is 16.0. The van der Waals surface area contributed by atoms with Gasteiger partial charge in [-0.3, -0.25) is 0 Å². The number of nitrogens with zero attached hydrogens (tertiary/aromatic N) is 1. The van der Waals surface area contributed by atoms with Crippen molar-refractivity contribution in [2.24, 2.45) is 5.92 Å². The van der Waals surface area contributed by atoms with Crippen LogP contribution in [0.2, 0.25) is 5.02 Å². The SMILES string of the molecule is CSCC(C)Cn1c(=S)[nH]c2cc(F)c(Cl)cc21. The molecule has 0 bridgehead atoms. The molecule has 18 heavy (non-hydrogen) atoms. The lowest BCUT2D eigenvalue weighted by Gasteiger charge is -2.11. The lowest BCUT2D eigenvalue weighted by atomic mass is 10.2. The van der Waals surface area contributed by atoms with Crippen LogP contribution in [0.3, 0.4) is 0 Å². The van der Waals surface area contributed by atoms with E-state index in [2.05, 4.69) is 18.2 Å². The van der Waals surface area contributed by atoms with Crippen molar-refractivity contribution < 1.29 is 4.39 Å². The summed E-state index contributed by atoms with van der Waals surface area (Å²) in [6.45, 7) is 2.98. The first-order valence-corrected chi connectivity index (χ1v) is 7.77. The van der Waals surface area contributed by atoms with E-state index in [0.717, 1.165) is 17.8 Å². The van der Waals surface area contributed by atoms with Gasteiger partial charge in [-0.15, -0.1) is 0 Å². The van der Waals surface area contributed by atoms with Crippen molar-refractivity contribution in [1.29, 1.82) is 0 Å². The largest absolute Gasteiger partial charge is 0.330 e. The highest BCUT2D eigenvalue weighted by Gasteiger charge is 2.11. The Bertz CT molecular complexity index is 620. The number of hydrogen-bond donors (Lipinski definition) is 1. The van der Waals surface area contributed by atoms with Crippen LogP contribution < -0.4 is 0 Å². The Morgan fingerprint density at radius 2 is 2.28 bits per heavy atom. The Hall–Kier alpha value is -0.520. The number of imidazole rings is 1. The van der Waals surface area contributed by atoms with Crippen LogP contribution in [0, 0.1) is 16.5 Å². The van der Waals surface area contributed by atoms with Crippen LogP contribution in [-0.2, 0) is 6.54 Å². The number of aromatic nitrogens is 2. The van der Waals surface area contributed by atoms with E-state index in [4.69, 9.17) is 23.8 Å². The van der Waals surface area contributed by atoms with Crippen LogP contribution in [0.1, 0.15) is 6.92 Å². The summed E-state index contributed by atoms with van der Waals surface area (Å²) in [5.41, 5.74) is 1.55. The molecule has 1 unspecified atom stereocenters. The van der Waals surface area contributed by atoms with Crippen molar-refractivity contribution in [1.82, 2.24) is 9.55 Å². The first kappa shape index (κ1) is 13.9. The van der Waals surface area contributed by atoms with Gasteiger partial charge >= 0.3 is 0 Å². The fourth-order valence-corrected chi connectivity index (χ4v) is 3.10. The smallest absolute Gasteiger partial charge is 0.178 e. The minimum atomic E-state index is -0.426. The molecule has 0 aliphatic rings. The zero-order valence-corrected chi connectivity index (χ0v) is 12.6. The van der Waals surface area contributed by atoms with Gasteiger partial charge in [0.2, 0.25) is 0 Å². The Morgan fingerprint density at radius 1 is 1.56 bits per heavy atom. The van der Waals surface area contributed by atoms with Crippen molar-refractivity contribution >= 4 is 46.6 Å². The normalized spacial score (nSPS) is 13.1. The molecule has 98 valence electrons. The molecule has 1 N–H and O–H groups in total. The quantitative estimate of drug-likeness (QED) is 0.840. The van der Waals surface area contributed by atoms with Gasteiger partial charge < -0.3 is 9.55 Å². The molecule has 0 aliphatic heterocycles. The van der Waals surface area contributed by atoms with E-state index in [1.165, 1.54) is 6.07 Å². The molecule has 6 heteroatoms. The van der Waals surface area contributed by atoms with Gasteiger partial charge in [0, 0.05) is 12.6 Å². The maximum absolute atomic E-state index is 13.4. The van der Waals surface area contributed by atoms with Gasteiger partial charge in [-0.2, -0.15) is 11.8 Å². The van der Waals surface area contributed by atoms with E-state index < -0.39 is 5.82 Å². The van der Waals surface area contributed by atoms with Crippen molar-refractivity contribution in [3.05, 3.63) is 27.7 Å². The predicted octanol–water partition coefficient (Wildman–Crippen LogP) is 4.49. The maximum Gasteiger partial charge on any atom is 0.178 e. The molecule has 0 saturated heterocycles. The van der Waals surface area contributed by atoms with Crippen LogP contribution in [0.15, 0.2) is 12.1 Å². The zero-order valence-electron chi connectivity index (χ0n) is 10.2. The van der Waals surface area contributed by atoms with E-state index in [1.807, 2.05) is 4.57 Å². The highest BCUT2D eigenvalue weighted by molar-refractivity contribution is 7.98. The van der Waals surface area contributed by atoms with E-state index in [9.17, 15) is 4.39 Å². The van der Waals surface area contributed by atoms with Crippen LogP contribution in [0.25, 0.3) is 11.0 Å². The number of fused-ring (bicyclic) bond motifs is 1. The molecule has 0 saturated carbocycles. The van der Waals surface area contributed by atoms with Crippen molar-refractivity contribution in [2.45, 2.75) is 13.5 Å². The minimum Gasteiger partial charge on any atom is -0.330 e. The molecule has 2 rings (SSSR count). The summed E-state index contributed by atoms with van der Waals surface area (Å²) in [6.07, 6.45) is 2.08. The Morgan fingerprint density at radius 3 is 2.94 bits per heavy atom. The molecule has 1 aromatic heterocycles. The van der Waals surface area contributed by atoms with Crippen LogP contribution >= 0.6 is 35.6 Å². The molecule has 0 amide bonds. The second kappa shape index (κ2) is 5.63. The molecule has 2 aromatic rings. The van der Waals surface area contributed by atoms with Gasteiger partial charge in [0.15, 0.2) is 4.77 Å². The van der Waals surface area contributed by atoms with Crippen LogP contribution in [0.4, 0.5) is 4.39 Å². The number of nitrogens with one attached hydrogen (secondary N) is 1. The molecular weight excluding hydrogens is 291 g/mol. The molecule has 0 fully saturated rings. The number of benzene rings is 1. The number of aromatic amines is 1. The average Bonchev–Trinajstić information content (AvgIpc) is 2.57. The van der Waals surface area contributed by atoms with Gasteiger partial charge in [0.1, 0.15) is 5.82 Å². The third-order valence-electron chi connectivity index (χ3n) is 2.76. The third-order valence-corrected chi connectivity index (χ3v) is 4.28. The summed E-state index contributed by atoms with van der Waals surface area (Å²) >= 11 is 12.9. The van der Waals surface area contributed by atoms with Crippen molar-refractivity contribution in [3.8, 4) is 0 Å². The molecular formula is C12H14ClFN2S2. The van der Waals surface area contributed by atoms with E-state index in [1.54, 1.807) is 17.8 Å². The monoisotopic (exact) mass is 304 g/mol. The van der Waals surface area contributed by atoms with E-state index in [0.29, 0.717) is 16.2 Å². The number of thioether (sulfide) groups is 1. The molecule has 0 spiro atoms. The van der Waals surface area contributed by atoms with Gasteiger partial charge in [0.25, 0.3) is 0 Å². The van der Waals surface area contributed by atoms with Gasteiger partial charge in [-0.1, -0.05) is 18.5 Å². The second-order valence-electron chi connectivity index (χ2n) is 4.38. The average molecular weight is 305 g/mol. The lowest BCUT2D eigenvalue weighted by molar-refractivity contribution is 0.536. The maximum atomic E-state index is 13.4. The molecule has 1 heterocycles. The summed E-state index contributed by atoms with van der Waals surface area (Å²) in [7, 11) is 0. The Labute approximate surface area is 120 Å². The number of rotatable bonds is 4. The lowest BCUT2D eigenvalue weighted by Crippen LogP contribution is -2.09.